The van der Waals surface area contributed by atoms with Crippen LogP contribution in [0.3, 0.4) is 0 Å². The molecule has 1 aliphatic carbocycles. The van der Waals surface area contributed by atoms with Gasteiger partial charge in [0.25, 0.3) is 0 Å². The topological polar surface area (TPSA) is 162 Å². The van der Waals surface area contributed by atoms with Crippen molar-refractivity contribution < 1.29 is 48.0 Å². The highest BCUT2D eigenvalue weighted by Crippen LogP contribution is 2.48. The normalized spacial score (nSPS) is 30.8. The summed E-state index contributed by atoms with van der Waals surface area (Å²) in [6.07, 6.45) is 2.69. The molecule has 1 spiro atoms. The molecule has 1 aromatic heterocycles. The number of aromatic amines is 1. The molecule has 0 radical (unpaired) electrons. The number of hydrogen-bond acceptors (Lipinski definition) is 10. The van der Waals surface area contributed by atoms with Crippen LogP contribution in [-0.4, -0.2) is 77.3 Å². The van der Waals surface area contributed by atoms with Crippen LogP contribution in [0.4, 0.5) is 0 Å². The zero-order valence-electron chi connectivity index (χ0n) is 30.1. The molecule has 3 aliphatic rings. The molecule has 1 fully saturated rings. The van der Waals surface area contributed by atoms with Gasteiger partial charge >= 0.3 is 23.8 Å². The Morgan fingerprint density at radius 3 is 2.55 bits per heavy atom. The smallest absolute Gasteiger partial charge is 0.397 e. The molecule has 5 unspecified atom stereocenters. The summed E-state index contributed by atoms with van der Waals surface area (Å²) in [6, 6.07) is 10.2. The van der Waals surface area contributed by atoms with Crippen molar-refractivity contribution in [3.63, 3.8) is 0 Å². The molecule has 51 heavy (non-hydrogen) atoms. The zero-order valence-corrected chi connectivity index (χ0v) is 30.8. The first-order valence-corrected chi connectivity index (χ1v) is 17.8. The fraction of sp³-hybridized carbons (Fsp3) is 0.526. The third-order valence-corrected chi connectivity index (χ3v) is 9.97. The van der Waals surface area contributed by atoms with Crippen LogP contribution in [0.15, 0.2) is 66.4 Å². The van der Waals surface area contributed by atoms with E-state index in [4.69, 9.17) is 35.3 Å². The Labute approximate surface area is 303 Å². The monoisotopic (exact) mass is 728 g/mol. The number of nitrogens with one attached hydrogen (secondary N) is 2. The first-order valence-electron chi connectivity index (χ1n) is 17.4. The van der Waals surface area contributed by atoms with Crippen molar-refractivity contribution >= 4 is 35.4 Å². The number of aromatic nitrogens is 1. The van der Waals surface area contributed by atoms with Crippen molar-refractivity contribution in [3.05, 3.63) is 82.7 Å². The summed E-state index contributed by atoms with van der Waals surface area (Å²) >= 11 is 6.01. The highest BCUT2D eigenvalue weighted by atomic mass is 35.5. The number of ether oxygens (including phenoxy) is 5. The fourth-order valence-electron chi connectivity index (χ4n) is 7.03. The summed E-state index contributed by atoms with van der Waals surface area (Å²) in [7, 11) is 1.40. The van der Waals surface area contributed by atoms with E-state index in [9.17, 15) is 24.3 Å². The first kappa shape index (κ1) is 39.8. The number of cyclic esters (lactones) is 1. The summed E-state index contributed by atoms with van der Waals surface area (Å²) in [4.78, 5) is 54.8. The van der Waals surface area contributed by atoms with Gasteiger partial charge in [0.1, 0.15) is 24.0 Å². The van der Waals surface area contributed by atoms with E-state index >= 15 is 0 Å². The molecule has 2 aliphatic heterocycles. The lowest BCUT2D eigenvalue weighted by Crippen LogP contribution is -2.52. The third-order valence-electron chi connectivity index (χ3n) is 9.73. The number of carbonyl (C=O) groups is 4. The SMILES string of the molecule is CC.CO[C@H]1C[C@H]2C=CC3=CC2(OC(O)[C@@H](C)[C@H]3OC(=O)c2ccc[nH]2)C(C)CC(C)[C@@H](C(C)OC(=O)C(=O)NCc2cccc(Cl)c2)OC1=O. The average Bonchev–Trinajstić information content (AvgIpc) is 3.64. The van der Waals surface area contributed by atoms with E-state index in [1.165, 1.54) is 7.11 Å². The minimum atomic E-state index is -1.33. The van der Waals surface area contributed by atoms with Gasteiger partial charge in [-0.05, 0) is 73.1 Å². The van der Waals surface area contributed by atoms with Gasteiger partial charge in [0.05, 0.1) is 5.60 Å². The van der Waals surface area contributed by atoms with Crippen LogP contribution in [0, 0.1) is 23.7 Å². The van der Waals surface area contributed by atoms with Gasteiger partial charge in [-0.2, -0.15) is 0 Å². The fourth-order valence-corrected chi connectivity index (χ4v) is 7.24. The Morgan fingerprint density at radius 2 is 1.88 bits per heavy atom. The number of methoxy groups -OCH3 is 1. The Balaban J connectivity index is 0.00000286. The average molecular weight is 729 g/mol. The highest BCUT2D eigenvalue weighted by Gasteiger charge is 2.53. The predicted octanol–water partition coefficient (Wildman–Crippen LogP) is 5.30. The standard InChI is InChI=1S/C36H43ClN2O10.C2H6/c1-19-14-20(2)36-17-24(30(21(3)32(41)49-36)48-33(42)27-10-7-13-38-27)11-12-25(36)16-28(45-5)34(43)47-29(19)22(4)46-35(44)31(40)39-18-23-8-6-9-26(37)15-23;1-2/h6-13,15,17,19-22,25,28-30,32,38,41H,14,16,18H2,1-5H3,(H,39,40);1-2H3/t19?,20?,21-,22?,25+,28-,29-,30+,32?,36?;/m0./s1. The van der Waals surface area contributed by atoms with Gasteiger partial charge in [-0.1, -0.05) is 70.5 Å². The lowest BCUT2D eigenvalue weighted by Gasteiger charge is -2.47. The van der Waals surface area contributed by atoms with Crippen LogP contribution in [0.25, 0.3) is 0 Å². The van der Waals surface area contributed by atoms with Crippen LogP contribution in [-0.2, 0) is 44.6 Å². The summed E-state index contributed by atoms with van der Waals surface area (Å²) < 4.78 is 29.5. The number of H-pyrrole nitrogens is 1. The van der Waals surface area contributed by atoms with Crippen molar-refractivity contribution in [1.82, 2.24) is 10.3 Å². The number of rotatable bonds is 7. The first-order chi connectivity index (χ1) is 24.3. The predicted molar refractivity (Wildman–Crippen MR) is 188 cm³/mol. The second-order valence-electron chi connectivity index (χ2n) is 13.1. The molecule has 1 aromatic carbocycles. The van der Waals surface area contributed by atoms with E-state index in [1.807, 2.05) is 45.9 Å². The van der Waals surface area contributed by atoms with Crippen molar-refractivity contribution in [1.29, 1.82) is 0 Å². The lowest BCUT2D eigenvalue weighted by molar-refractivity contribution is -0.229. The summed E-state index contributed by atoms with van der Waals surface area (Å²) in [6.45, 7) is 11.2. The van der Waals surface area contributed by atoms with E-state index < -0.39 is 77.9 Å². The Hall–Kier alpha value is -3.97. The molecule has 3 N–H and O–H groups in total. The number of benzene rings is 1. The van der Waals surface area contributed by atoms with Gasteiger partial charge in [-0.15, -0.1) is 0 Å². The number of aliphatic hydroxyl groups excluding tert-OH is 1. The van der Waals surface area contributed by atoms with Crippen LogP contribution in [0.5, 0.6) is 0 Å². The number of halogens is 1. The summed E-state index contributed by atoms with van der Waals surface area (Å²) in [5.41, 5.74) is 0.519. The van der Waals surface area contributed by atoms with Gasteiger partial charge in [0, 0.05) is 36.7 Å². The van der Waals surface area contributed by atoms with Gasteiger partial charge in [0.15, 0.2) is 12.4 Å². The van der Waals surface area contributed by atoms with Crippen molar-refractivity contribution in [3.8, 4) is 0 Å². The number of hydrogen-bond donors (Lipinski definition) is 3. The molecule has 10 atom stereocenters. The molecule has 1 amide bonds. The molecule has 12 nitrogen and oxygen atoms in total. The van der Waals surface area contributed by atoms with Crippen molar-refractivity contribution in [2.75, 3.05) is 7.11 Å². The summed E-state index contributed by atoms with van der Waals surface area (Å²) in [5.74, 6) is -5.08. The van der Waals surface area contributed by atoms with E-state index in [2.05, 4.69) is 10.3 Å². The molecular weight excluding hydrogens is 680 g/mol. The molecule has 278 valence electrons. The van der Waals surface area contributed by atoms with Crippen molar-refractivity contribution in [2.45, 2.75) is 97.2 Å². The van der Waals surface area contributed by atoms with E-state index in [1.54, 1.807) is 56.4 Å². The van der Waals surface area contributed by atoms with Gasteiger partial charge in [0.2, 0.25) is 0 Å². The minimum Gasteiger partial charge on any atom is -0.456 e. The van der Waals surface area contributed by atoms with E-state index in [0.717, 1.165) is 0 Å². The molecule has 5 rings (SSSR count). The third kappa shape index (κ3) is 9.10. The number of aliphatic hydroxyl groups is 1. The molecule has 13 heteroatoms. The van der Waals surface area contributed by atoms with Gasteiger partial charge < -0.3 is 39.1 Å². The largest absolute Gasteiger partial charge is 0.456 e. The van der Waals surface area contributed by atoms with Gasteiger partial charge in [-0.3, -0.25) is 4.79 Å². The molecule has 3 heterocycles. The number of carbonyl (C=O) groups excluding carboxylic acids is 4. The number of esters is 3. The number of amides is 1. The maximum atomic E-state index is 13.6. The maximum absolute atomic E-state index is 13.6. The van der Waals surface area contributed by atoms with Crippen molar-refractivity contribution in [2.24, 2.45) is 23.7 Å². The Morgan fingerprint density at radius 1 is 1.14 bits per heavy atom. The molecule has 2 aromatic rings. The Bertz CT molecular complexity index is 1590. The Kier molecular flexibility index (Phi) is 13.7. The van der Waals surface area contributed by atoms with Crippen LogP contribution in [0.2, 0.25) is 5.02 Å². The van der Waals surface area contributed by atoms with Crippen LogP contribution in [0.1, 0.15) is 70.4 Å². The van der Waals surface area contributed by atoms with E-state index in [0.29, 0.717) is 22.6 Å². The maximum Gasteiger partial charge on any atom is 0.397 e. The van der Waals surface area contributed by atoms with E-state index in [-0.39, 0.29) is 24.6 Å². The molecule has 0 saturated carbocycles. The zero-order chi connectivity index (χ0) is 37.5. The summed E-state index contributed by atoms with van der Waals surface area (Å²) in [5, 5.41) is 14.4. The molecule has 1 saturated heterocycles. The minimum absolute atomic E-state index is 0.0639. The molecule has 2 bridgehead atoms. The second kappa shape index (κ2) is 17.5. The highest BCUT2D eigenvalue weighted by molar-refractivity contribution is 6.32. The van der Waals surface area contributed by atoms with Crippen LogP contribution < -0.4 is 5.32 Å². The molecular formula is C38H49ClN2O10. The quantitative estimate of drug-likeness (QED) is 0.194. The second-order valence-corrected chi connectivity index (χ2v) is 13.6. The lowest BCUT2D eigenvalue weighted by atomic mass is 9.68. The van der Waals surface area contributed by atoms with Crippen LogP contribution >= 0.6 is 11.6 Å². The van der Waals surface area contributed by atoms with Gasteiger partial charge in [-0.25, -0.2) is 14.4 Å².